The second-order valence-corrected chi connectivity index (χ2v) is 2.93. The number of hydrogen-bond acceptors (Lipinski definition) is 1. The Morgan fingerprint density at radius 2 is 2.18 bits per heavy atom. The molecule has 0 aliphatic carbocycles. The SMILES string of the molecule is CC/N=C1/CCCCN1CC. The summed E-state index contributed by atoms with van der Waals surface area (Å²) in [4.78, 5) is 6.87. The van der Waals surface area contributed by atoms with E-state index in [2.05, 4.69) is 23.7 Å². The molecule has 0 bridgehead atoms. The number of rotatable bonds is 2. The van der Waals surface area contributed by atoms with Crippen LogP contribution < -0.4 is 0 Å². The number of hydrogen-bond donors (Lipinski definition) is 0. The van der Waals surface area contributed by atoms with E-state index < -0.39 is 0 Å². The summed E-state index contributed by atoms with van der Waals surface area (Å²) >= 11 is 0. The van der Waals surface area contributed by atoms with Gasteiger partial charge in [0.2, 0.25) is 0 Å². The summed E-state index contributed by atoms with van der Waals surface area (Å²) in [6, 6.07) is 0. The van der Waals surface area contributed by atoms with Gasteiger partial charge in [0.1, 0.15) is 0 Å². The molecule has 0 aromatic carbocycles. The minimum absolute atomic E-state index is 0.936. The summed E-state index contributed by atoms with van der Waals surface area (Å²) in [6.45, 7) is 7.59. The first-order chi connectivity index (χ1) is 5.38. The largest absolute Gasteiger partial charge is 0.361 e. The third-order valence-electron chi connectivity index (χ3n) is 2.17. The molecule has 1 aliphatic heterocycles. The van der Waals surface area contributed by atoms with Gasteiger partial charge in [-0.2, -0.15) is 0 Å². The molecule has 2 heteroatoms. The van der Waals surface area contributed by atoms with Gasteiger partial charge in [-0.3, -0.25) is 4.99 Å². The lowest BCUT2D eigenvalue weighted by Crippen LogP contribution is -2.35. The molecule has 1 aliphatic rings. The molecule has 1 saturated heterocycles. The first-order valence-corrected chi connectivity index (χ1v) is 4.66. The van der Waals surface area contributed by atoms with Gasteiger partial charge in [-0.15, -0.1) is 0 Å². The van der Waals surface area contributed by atoms with Crippen molar-refractivity contribution in [2.75, 3.05) is 19.6 Å². The van der Waals surface area contributed by atoms with Gasteiger partial charge in [-0.05, 0) is 26.7 Å². The summed E-state index contributed by atoms with van der Waals surface area (Å²) in [5.41, 5.74) is 0. The normalized spacial score (nSPS) is 22.7. The zero-order chi connectivity index (χ0) is 8.10. The lowest BCUT2D eigenvalue weighted by atomic mass is 10.1. The Hall–Kier alpha value is -0.530. The van der Waals surface area contributed by atoms with Gasteiger partial charge in [0, 0.05) is 26.1 Å². The molecule has 1 rings (SSSR count). The molecule has 2 nitrogen and oxygen atoms in total. The maximum absolute atomic E-state index is 4.48. The second kappa shape index (κ2) is 4.37. The van der Waals surface area contributed by atoms with Gasteiger partial charge in [0.15, 0.2) is 0 Å². The van der Waals surface area contributed by atoms with Crippen LogP contribution in [0.25, 0.3) is 0 Å². The first-order valence-electron chi connectivity index (χ1n) is 4.66. The van der Waals surface area contributed by atoms with Crippen LogP contribution in [0.3, 0.4) is 0 Å². The smallest absolute Gasteiger partial charge is 0.0988 e. The molecule has 0 amide bonds. The maximum Gasteiger partial charge on any atom is 0.0988 e. The number of likely N-dealkylation sites (tertiary alicyclic amines) is 1. The van der Waals surface area contributed by atoms with Crippen LogP contribution in [0.4, 0.5) is 0 Å². The van der Waals surface area contributed by atoms with Crippen LogP contribution in [0.5, 0.6) is 0 Å². The third kappa shape index (κ3) is 2.21. The molecule has 1 fully saturated rings. The third-order valence-corrected chi connectivity index (χ3v) is 2.17. The van der Waals surface area contributed by atoms with Crippen LogP contribution in [-0.2, 0) is 0 Å². The Morgan fingerprint density at radius 1 is 1.36 bits per heavy atom. The van der Waals surface area contributed by atoms with Crippen LogP contribution in [0, 0.1) is 0 Å². The van der Waals surface area contributed by atoms with Crippen molar-refractivity contribution in [2.45, 2.75) is 33.1 Å². The molecule has 0 saturated carbocycles. The Balaban J connectivity index is 2.51. The van der Waals surface area contributed by atoms with Crippen molar-refractivity contribution >= 4 is 5.84 Å². The molecule has 1 heterocycles. The summed E-state index contributed by atoms with van der Waals surface area (Å²) in [7, 11) is 0. The highest BCUT2D eigenvalue weighted by atomic mass is 15.2. The van der Waals surface area contributed by atoms with Crippen molar-refractivity contribution in [3.05, 3.63) is 0 Å². The van der Waals surface area contributed by atoms with Crippen LogP contribution in [0.15, 0.2) is 4.99 Å². The van der Waals surface area contributed by atoms with Crippen LogP contribution in [-0.4, -0.2) is 30.4 Å². The molecule has 0 atom stereocenters. The summed E-state index contributed by atoms with van der Waals surface area (Å²) in [5, 5.41) is 0. The molecule has 11 heavy (non-hydrogen) atoms. The monoisotopic (exact) mass is 154 g/mol. The molecular weight excluding hydrogens is 136 g/mol. The molecule has 0 radical (unpaired) electrons. The van der Waals surface area contributed by atoms with Crippen molar-refractivity contribution in [2.24, 2.45) is 4.99 Å². The summed E-state index contributed by atoms with van der Waals surface area (Å²) < 4.78 is 0. The average Bonchev–Trinajstić information content (AvgIpc) is 2.06. The predicted molar refractivity (Wildman–Crippen MR) is 49.1 cm³/mol. The van der Waals surface area contributed by atoms with Crippen molar-refractivity contribution in [3.63, 3.8) is 0 Å². The fourth-order valence-electron chi connectivity index (χ4n) is 1.58. The topological polar surface area (TPSA) is 15.6 Å². The molecule has 0 aromatic heterocycles. The van der Waals surface area contributed by atoms with E-state index in [-0.39, 0.29) is 0 Å². The molecule has 0 aromatic rings. The van der Waals surface area contributed by atoms with Crippen molar-refractivity contribution in [1.29, 1.82) is 0 Å². The molecule has 0 N–H and O–H groups in total. The van der Waals surface area contributed by atoms with Gasteiger partial charge < -0.3 is 4.90 Å². The molecule has 0 spiro atoms. The zero-order valence-electron chi connectivity index (χ0n) is 7.64. The van der Waals surface area contributed by atoms with Crippen LogP contribution >= 0.6 is 0 Å². The molecule has 64 valence electrons. The number of nitrogens with zero attached hydrogens (tertiary/aromatic N) is 2. The van der Waals surface area contributed by atoms with E-state index >= 15 is 0 Å². The standard InChI is InChI=1S/C9H18N2/c1-3-10-9-7-5-6-8-11(9)4-2/h3-8H2,1-2H3/b10-9-. The van der Waals surface area contributed by atoms with Crippen LogP contribution in [0.1, 0.15) is 33.1 Å². The molecule has 0 unspecified atom stereocenters. The number of amidine groups is 1. The van der Waals surface area contributed by atoms with Gasteiger partial charge in [-0.1, -0.05) is 0 Å². The minimum Gasteiger partial charge on any atom is -0.361 e. The van der Waals surface area contributed by atoms with E-state index in [0.29, 0.717) is 0 Å². The second-order valence-electron chi connectivity index (χ2n) is 2.93. The van der Waals surface area contributed by atoms with Gasteiger partial charge in [-0.25, -0.2) is 0 Å². The van der Waals surface area contributed by atoms with E-state index in [0.717, 1.165) is 13.1 Å². The Bertz CT molecular complexity index is 140. The van der Waals surface area contributed by atoms with Crippen molar-refractivity contribution in [1.82, 2.24) is 4.90 Å². The van der Waals surface area contributed by atoms with E-state index in [1.165, 1.54) is 31.6 Å². The Kier molecular flexibility index (Phi) is 3.40. The highest BCUT2D eigenvalue weighted by Crippen LogP contribution is 2.11. The summed E-state index contributed by atoms with van der Waals surface area (Å²) in [6.07, 6.45) is 3.87. The lowest BCUT2D eigenvalue weighted by Gasteiger charge is -2.28. The molecular formula is C9H18N2. The minimum atomic E-state index is 0.936. The fourth-order valence-corrected chi connectivity index (χ4v) is 1.58. The van der Waals surface area contributed by atoms with E-state index in [4.69, 9.17) is 0 Å². The van der Waals surface area contributed by atoms with E-state index in [1.807, 2.05) is 0 Å². The Labute approximate surface area is 69.3 Å². The Morgan fingerprint density at radius 3 is 2.82 bits per heavy atom. The highest BCUT2D eigenvalue weighted by molar-refractivity contribution is 5.82. The first kappa shape index (κ1) is 8.57. The average molecular weight is 154 g/mol. The van der Waals surface area contributed by atoms with Crippen molar-refractivity contribution in [3.8, 4) is 0 Å². The quantitative estimate of drug-likeness (QED) is 0.593. The zero-order valence-corrected chi connectivity index (χ0v) is 7.64. The van der Waals surface area contributed by atoms with Crippen LogP contribution in [0.2, 0.25) is 0 Å². The fraction of sp³-hybridized carbons (Fsp3) is 0.889. The number of aliphatic imine (C=N–C) groups is 1. The van der Waals surface area contributed by atoms with E-state index in [1.54, 1.807) is 0 Å². The lowest BCUT2D eigenvalue weighted by molar-refractivity contribution is 0.385. The van der Waals surface area contributed by atoms with E-state index in [9.17, 15) is 0 Å². The van der Waals surface area contributed by atoms with Gasteiger partial charge in [0.05, 0.1) is 5.84 Å². The van der Waals surface area contributed by atoms with Gasteiger partial charge >= 0.3 is 0 Å². The maximum atomic E-state index is 4.48. The summed E-state index contributed by atoms with van der Waals surface area (Å²) in [5.74, 6) is 1.33. The predicted octanol–water partition coefficient (Wildman–Crippen LogP) is 1.91. The van der Waals surface area contributed by atoms with Crippen molar-refractivity contribution < 1.29 is 0 Å². The number of piperidine rings is 1. The highest BCUT2D eigenvalue weighted by Gasteiger charge is 2.13. The van der Waals surface area contributed by atoms with Gasteiger partial charge in [0.25, 0.3) is 0 Å².